The molecule has 0 atom stereocenters. The van der Waals surface area contributed by atoms with Gasteiger partial charge in [-0.3, -0.25) is 4.98 Å². The van der Waals surface area contributed by atoms with E-state index < -0.39 is 0 Å². The molecular formula is C15H9BrCl2N2. The van der Waals surface area contributed by atoms with E-state index >= 15 is 0 Å². The maximum absolute atomic E-state index is 6.09. The first-order valence-electron chi connectivity index (χ1n) is 5.84. The van der Waals surface area contributed by atoms with Gasteiger partial charge in [0.25, 0.3) is 0 Å². The van der Waals surface area contributed by atoms with Crippen LogP contribution in [-0.2, 0) is 0 Å². The summed E-state index contributed by atoms with van der Waals surface area (Å²) in [6.07, 6.45) is 3.54. The summed E-state index contributed by atoms with van der Waals surface area (Å²) in [6, 6.07) is 9.36. The van der Waals surface area contributed by atoms with Crippen LogP contribution in [0.15, 0.2) is 47.2 Å². The highest BCUT2D eigenvalue weighted by Gasteiger charge is 2.09. The molecule has 0 fully saturated rings. The molecular weight excluding hydrogens is 359 g/mol. The van der Waals surface area contributed by atoms with Crippen LogP contribution >= 0.6 is 39.1 Å². The van der Waals surface area contributed by atoms with Crippen molar-refractivity contribution in [3.05, 3.63) is 57.2 Å². The van der Waals surface area contributed by atoms with Crippen LogP contribution in [0.4, 0.5) is 5.69 Å². The fraction of sp³-hybridized carbons (Fsp3) is 0. The smallest absolute Gasteiger partial charge is 0.0554 e. The Morgan fingerprint density at radius 3 is 2.35 bits per heavy atom. The molecule has 2 nitrogen and oxygen atoms in total. The third kappa shape index (κ3) is 2.37. The van der Waals surface area contributed by atoms with E-state index in [0.717, 1.165) is 26.4 Å². The summed E-state index contributed by atoms with van der Waals surface area (Å²) < 4.78 is 0.855. The molecule has 0 aliphatic rings. The minimum absolute atomic E-state index is 0.592. The summed E-state index contributed by atoms with van der Waals surface area (Å²) in [4.78, 5) is 4.26. The van der Waals surface area contributed by atoms with Gasteiger partial charge in [-0.2, -0.15) is 0 Å². The number of pyridine rings is 1. The van der Waals surface area contributed by atoms with Gasteiger partial charge in [0, 0.05) is 37.9 Å². The summed E-state index contributed by atoms with van der Waals surface area (Å²) >= 11 is 15.6. The van der Waals surface area contributed by atoms with Crippen molar-refractivity contribution in [3.63, 3.8) is 0 Å². The van der Waals surface area contributed by atoms with Gasteiger partial charge in [0.2, 0.25) is 0 Å². The number of benzene rings is 2. The van der Waals surface area contributed by atoms with Gasteiger partial charge < -0.3 is 5.73 Å². The van der Waals surface area contributed by atoms with Crippen LogP contribution in [0.3, 0.4) is 0 Å². The summed E-state index contributed by atoms with van der Waals surface area (Å²) in [5.41, 5.74) is 8.63. The molecule has 2 N–H and O–H groups in total. The minimum Gasteiger partial charge on any atom is -0.397 e. The number of rotatable bonds is 1. The van der Waals surface area contributed by atoms with E-state index in [1.54, 1.807) is 18.5 Å². The number of nitrogens with two attached hydrogens (primary N) is 1. The van der Waals surface area contributed by atoms with Crippen molar-refractivity contribution in [2.45, 2.75) is 0 Å². The monoisotopic (exact) mass is 366 g/mol. The first-order chi connectivity index (χ1) is 9.56. The van der Waals surface area contributed by atoms with Crippen molar-refractivity contribution in [3.8, 4) is 11.1 Å². The third-order valence-electron chi connectivity index (χ3n) is 3.10. The standard InChI is InChI=1S/C15H9BrCl2N2/c16-14-2-1-11-12(6-20-7-13(11)15(14)19)8-3-9(17)5-10(18)4-8/h1-7H,19H2. The zero-order valence-corrected chi connectivity index (χ0v) is 13.3. The molecule has 3 rings (SSSR count). The lowest BCUT2D eigenvalue weighted by Gasteiger charge is -2.10. The zero-order chi connectivity index (χ0) is 14.3. The van der Waals surface area contributed by atoms with E-state index in [-0.39, 0.29) is 0 Å². The minimum atomic E-state index is 0.592. The predicted molar refractivity (Wildman–Crippen MR) is 89.3 cm³/mol. The average Bonchev–Trinajstić information content (AvgIpc) is 2.41. The summed E-state index contributed by atoms with van der Waals surface area (Å²) in [6.45, 7) is 0. The molecule has 3 aromatic rings. The zero-order valence-electron chi connectivity index (χ0n) is 10.2. The summed E-state index contributed by atoms with van der Waals surface area (Å²) in [5.74, 6) is 0. The maximum Gasteiger partial charge on any atom is 0.0554 e. The van der Waals surface area contributed by atoms with Crippen LogP contribution in [0.2, 0.25) is 10.0 Å². The highest BCUT2D eigenvalue weighted by Crippen LogP contribution is 2.35. The van der Waals surface area contributed by atoms with E-state index in [1.807, 2.05) is 24.3 Å². The number of fused-ring (bicyclic) bond motifs is 1. The van der Waals surface area contributed by atoms with Crippen molar-refractivity contribution < 1.29 is 0 Å². The van der Waals surface area contributed by atoms with E-state index in [4.69, 9.17) is 28.9 Å². The number of anilines is 1. The molecule has 100 valence electrons. The highest BCUT2D eigenvalue weighted by atomic mass is 79.9. The number of hydrogen-bond acceptors (Lipinski definition) is 2. The van der Waals surface area contributed by atoms with Gasteiger partial charge in [0.05, 0.1) is 5.69 Å². The van der Waals surface area contributed by atoms with Gasteiger partial charge in [0.1, 0.15) is 0 Å². The molecule has 0 radical (unpaired) electrons. The molecule has 0 aliphatic heterocycles. The molecule has 0 spiro atoms. The first-order valence-corrected chi connectivity index (χ1v) is 7.39. The lowest BCUT2D eigenvalue weighted by atomic mass is 10.0. The van der Waals surface area contributed by atoms with E-state index in [2.05, 4.69) is 20.9 Å². The van der Waals surface area contributed by atoms with Crippen molar-refractivity contribution in [1.82, 2.24) is 4.98 Å². The SMILES string of the molecule is Nc1c(Br)ccc2c(-c3cc(Cl)cc(Cl)c3)cncc12. The number of aromatic nitrogens is 1. The number of hydrogen-bond donors (Lipinski definition) is 1. The Morgan fingerprint density at radius 2 is 1.65 bits per heavy atom. The Morgan fingerprint density at radius 1 is 0.950 bits per heavy atom. The van der Waals surface area contributed by atoms with Gasteiger partial charge in [-0.25, -0.2) is 0 Å². The Kier molecular flexibility index (Phi) is 3.59. The van der Waals surface area contributed by atoms with Crippen LogP contribution < -0.4 is 5.73 Å². The Labute approximate surface area is 134 Å². The van der Waals surface area contributed by atoms with Crippen molar-refractivity contribution in [1.29, 1.82) is 0 Å². The van der Waals surface area contributed by atoms with Crippen LogP contribution in [0.1, 0.15) is 0 Å². The second-order valence-corrected chi connectivity index (χ2v) is 6.13. The Balaban J connectivity index is 2.34. The maximum atomic E-state index is 6.09. The fourth-order valence-electron chi connectivity index (χ4n) is 2.18. The molecule has 0 amide bonds. The van der Waals surface area contributed by atoms with E-state index in [0.29, 0.717) is 15.7 Å². The van der Waals surface area contributed by atoms with Gasteiger partial charge in [0.15, 0.2) is 0 Å². The van der Waals surface area contributed by atoms with Crippen LogP contribution in [0, 0.1) is 0 Å². The van der Waals surface area contributed by atoms with Crippen molar-refractivity contribution >= 4 is 55.6 Å². The molecule has 1 heterocycles. The molecule has 5 heteroatoms. The number of nitrogens with zero attached hydrogens (tertiary/aromatic N) is 1. The molecule has 0 saturated heterocycles. The third-order valence-corrected chi connectivity index (χ3v) is 4.23. The van der Waals surface area contributed by atoms with Gasteiger partial charge >= 0.3 is 0 Å². The Hall–Kier alpha value is -1.29. The van der Waals surface area contributed by atoms with E-state index in [9.17, 15) is 0 Å². The van der Waals surface area contributed by atoms with E-state index in [1.165, 1.54) is 0 Å². The number of halogens is 3. The fourth-order valence-corrected chi connectivity index (χ4v) is 3.05. The normalized spacial score (nSPS) is 10.9. The molecule has 0 saturated carbocycles. The molecule has 0 unspecified atom stereocenters. The van der Waals surface area contributed by atoms with Gasteiger partial charge in [-0.05, 0) is 51.1 Å². The quantitative estimate of drug-likeness (QED) is 0.572. The lowest BCUT2D eigenvalue weighted by molar-refractivity contribution is 1.36. The average molecular weight is 368 g/mol. The van der Waals surface area contributed by atoms with Crippen molar-refractivity contribution in [2.75, 3.05) is 5.73 Å². The lowest BCUT2D eigenvalue weighted by Crippen LogP contribution is -1.91. The van der Waals surface area contributed by atoms with Gasteiger partial charge in [-0.1, -0.05) is 29.3 Å². The molecule has 0 aliphatic carbocycles. The summed E-state index contributed by atoms with van der Waals surface area (Å²) in [7, 11) is 0. The second kappa shape index (κ2) is 5.24. The number of nitrogen functional groups attached to an aromatic ring is 1. The first kappa shape index (κ1) is 13.7. The Bertz CT molecular complexity index is 798. The highest BCUT2D eigenvalue weighted by molar-refractivity contribution is 9.10. The molecule has 1 aromatic heterocycles. The topological polar surface area (TPSA) is 38.9 Å². The molecule has 0 bridgehead atoms. The van der Waals surface area contributed by atoms with Crippen LogP contribution in [-0.4, -0.2) is 4.98 Å². The molecule has 20 heavy (non-hydrogen) atoms. The molecule has 2 aromatic carbocycles. The van der Waals surface area contributed by atoms with Crippen molar-refractivity contribution in [2.24, 2.45) is 0 Å². The van der Waals surface area contributed by atoms with Crippen LogP contribution in [0.5, 0.6) is 0 Å². The van der Waals surface area contributed by atoms with Crippen LogP contribution in [0.25, 0.3) is 21.9 Å². The second-order valence-electron chi connectivity index (χ2n) is 4.40. The summed E-state index contributed by atoms with van der Waals surface area (Å²) in [5, 5.41) is 3.09. The largest absolute Gasteiger partial charge is 0.397 e. The van der Waals surface area contributed by atoms with Gasteiger partial charge in [-0.15, -0.1) is 0 Å². The predicted octanol–water partition coefficient (Wildman–Crippen LogP) is 5.55.